The van der Waals surface area contributed by atoms with Crippen molar-refractivity contribution in [3.8, 4) is 22.8 Å². The van der Waals surface area contributed by atoms with E-state index < -0.39 is 23.1 Å². The van der Waals surface area contributed by atoms with E-state index in [0.29, 0.717) is 11.9 Å². The highest BCUT2D eigenvalue weighted by Crippen LogP contribution is 2.20. The average Bonchev–Trinajstić information content (AvgIpc) is 3.22. The molecule has 1 N–H and O–H groups in total. The first-order valence-corrected chi connectivity index (χ1v) is 8.85. The number of hydrogen-bond acceptors (Lipinski definition) is 5. The highest BCUT2D eigenvalue weighted by molar-refractivity contribution is 5.90. The molecule has 150 valence electrons. The second-order valence-corrected chi connectivity index (χ2v) is 6.32. The maximum Gasteiger partial charge on any atom is 0.263 e. The number of carbonyl (C=O) groups is 1. The fourth-order valence-corrected chi connectivity index (χ4v) is 2.80. The number of halogens is 2. The second-order valence-electron chi connectivity index (χ2n) is 6.32. The van der Waals surface area contributed by atoms with Gasteiger partial charge in [0.25, 0.3) is 11.4 Å². The zero-order valence-corrected chi connectivity index (χ0v) is 15.4. The summed E-state index contributed by atoms with van der Waals surface area (Å²) in [5, 5.41) is 6.19. The summed E-state index contributed by atoms with van der Waals surface area (Å²) in [5.41, 5.74) is 0.128. The van der Waals surface area contributed by atoms with Gasteiger partial charge in [-0.25, -0.2) is 8.78 Å². The first-order chi connectivity index (χ1) is 14.5. The van der Waals surface area contributed by atoms with Gasteiger partial charge in [0.05, 0.1) is 5.69 Å². The molecule has 0 radical (unpaired) electrons. The summed E-state index contributed by atoms with van der Waals surface area (Å²) in [6.07, 6.45) is 1.40. The van der Waals surface area contributed by atoms with Gasteiger partial charge in [0.15, 0.2) is 0 Å². The summed E-state index contributed by atoms with van der Waals surface area (Å²) in [6.45, 7) is -0.386. The zero-order valence-electron chi connectivity index (χ0n) is 15.4. The number of aromatic nitrogens is 3. The largest absolute Gasteiger partial charge is 0.333 e. The van der Waals surface area contributed by atoms with Crippen LogP contribution in [-0.2, 0) is 11.3 Å². The molecule has 0 spiro atoms. The molecule has 0 saturated carbocycles. The molecule has 0 aliphatic rings. The maximum absolute atomic E-state index is 13.7. The van der Waals surface area contributed by atoms with E-state index in [1.165, 1.54) is 12.3 Å². The van der Waals surface area contributed by atoms with E-state index in [0.717, 1.165) is 22.3 Å². The van der Waals surface area contributed by atoms with Crippen LogP contribution in [0, 0.1) is 11.6 Å². The molecule has 0 fully saturated rings. The number of rotatable bonds is 5. The van der Waals surface area contributed by atoms with Gasteiger partial charge < -0.3 is 14.4 Å². The fourth-order valence-electron chi connectivity index (χ4n) is 2.80. The maximum atomic E-state index is 13.7. The number of nitrogens with one attached hydrogen (secondary N) is 1. The number of benzene rings is 2. The lowest BCUT2D eigenvalue weighted by Crippen LogP contribution is -2.28. The van der Waals surface area contributed by atoms with Crippen molar-refractivity contribution in [2.24, 2.45) is 0 Å². The predicted octanol–water partition coefficient (Wildman–Crippen LogP) is 3.48. The van der Waals surface area contributed by atoms with Crippen LogP contribution in [0.4, 0.5) is 14.5 Å². The van der Waals surface area contributed by atoms with Crippen LogP contribution in [0.25, 0.3) is 22.8 Å². The van der Waals surface area contributed by atoms with Crippen LogP contribution < -0.4 is 10.9 Å². The van der Waals surface area contributed by atoms with E-state index in [4.69, 9.17) is 4.52 Å². The fraction of sp³-hybridized carbons (Fsp3) is 0.0476. The Morgan fingerprint density at radius 3 is 2.63 bits per heavy atom. The quantitative estimate of drug-likeness (QED) is 0.546. The highest BCUT2D eigenvalue weighted by Gasteiger charge is 2.16. The van der Waals surface area contributed by atoms with Crippen LogP contribution >= 0.6 is 0 Å². The van der Waals surface area contributed by atoms with E-state index in [1.54, 1.807) is 18.2 Å². The molecule has 4 rings (SSSR count). The molecule has 0 atom stereocenters. The van der Waals surface area contributed by atoms with Crippen molar-refractivity contribution in [3.63, 3.8) is 0 Å². The smallest absolute Gasteiger partial charge is 0.263 e. The van der Waals surface area contributed by atoms with Crippen molar-refractivity contribution in [3.05, 3.63) is 88.8 Å². The summed E-state index contributed by atoms with van der Waals surface area (Å²) < 4.78 is 33.0. The van der Waals surface area contributed by atoms with Crippen molar-refractivity contribution in [2.45, 2.75) is 6.54 Å². The molecule has 0 unspecified atom stereocenters. The predicted molar refractivity (Wildman–Crippen MR) is 104 cm³/mol. The summed E-state index contributed by atoms with van der Waals surface area (Å²) >= 11 is 0. The number of nitrogens with zero attached hydrogens (tertiary/aromatic N) is 3. The van der Waals surface area contributed by atoms with Crippen LogP contribution in [-0.4, -0.2) is 20.6 Å². The minimum absolute atomic E-state index is 0.0122. The number of pyridine rings is 1. The van der Waals surface area contributed by atoms with Crippen molar-refractivity contribution in [1.82, 2.24) is 14.7 Å². The van der Waals surface area contributed by atoms with Gasteiger partial charge >= 0.3 is 0 Å². The molecule has 1 amide bonds. The lowest BCUT2D eigenvalue weighted by Gasteiger charge is -2.09. The molecule has 4 aromatic rings. The van der Waals surface area contributed by atoms with Crippen LogP contribution in [0.5, 0.6) is 0 Å². The van der Waals surface area contributed by atoms with Crippen molar-refractivity contribution >= 4 is 11.6 Å². The van der Waals surface area contributed by atoms with Gasteiger partial charge in [0, 0.05) is 17.8 Å². The standard InChI is InChI=1S/C21H14F2N4O3/c22-14-8-9-17(16(23)11-14)24-18(28)12-27-10-4-7-15(21(27)29)20-25-19(26-30-20)13-5-2-1-3-6-13/h1-11H,12H2,(H,24,28). The molecule has 2 heterocycles. The Bertz CT molecular complexity index is 1270. The SMILES string of the molecule is O=C(Cn1cccc(-c2nc(-c3ccccc3)no2)c1=O)Nc1ccc(F)cc1F. The number of amides is 1. The van der Waals surface area contributed by atoms with Crippen LogP contribution in [0.1, 0.15) is 0 Å². The summed E-state index contributed by atoms with van der Waals surface area (Å²) in [7, 11) is 0. The summed E-state index contributed by atoms with van der Waals surface area (Å²) in [6, 6.07) is 14.9. The van der Waals surface area contributed by atoms with Gasteiger partial charge in [-0.15, -0.1) is 0 Å². The Morgan fingerprint density at radius 1 is 1.07 bits per heavy atom. The molecule has 2 aromatic carbocycles. The Morgan fingerprint density at radius 2 is 1.87 bits per heavy atom. The van der Waals surface area contributed by atoms with Gasteiger partial charge in [-0.3, -0.25) is 9.59 Å². The Labute approximate surface area is 168 Å². The normalized spacial score (nSPS) is 10.7. The minimum Gasteiger partial charge on any atom is -0.333 e. The molecule has 0 aliphatic heterocycles. The third-order valence-corrected chi connectivity index (χ3v) is 4.23. The monoisotopic (exact) mass is 408 g/mol. The molecule has 7 nitrogen and oxygen atoms in total. The van der Waals surface area contributed by atoms with Crippen LogP contribution in [0.15, 0.2) is 76.2 Å². The Hall–Kier alpha value is -4.14. The van der Waals surface area contributed by atoms with Gasteiger partial charge in [-0.05, 0) is 24.3 Å². The van der Waals surface area contributed by atoms with Crippen LogP contribution in [0.3, 0.4) is 0 Å². The van der Waals surface area contributed by atoms with E-state index in [2.05, 4.69) is 15.5 Å². The van der Waals surface area contributed by atoms with Crippen molar-refractivity contribution < 1.29 is 18.1 Å². The van der Waals surface area contributed by atoms with Gasteiger partial charge in [-0.1, -0.05) is 35.5 Å². The molecule has 2 aromatic heterocycles. The Balaban J connectivity index is 1.55. The highest BCUT2D eigenvalue weighted by atomic mass is 19.1. The van der Waals surface area contributed by atoms with E-state index in [-0.39, 0.29) is 23.7 Å². The first kappa shape index (κ1) is 19.2. The molecule has 30 heavy (non-hydrogen) atoms. The van der Waals surface area contributed by atoms with E-state index >= 15 is 0 Å². The molecule has 0 saturated heterocycles. The zero-order chi connectivity index (χ0) is 21.1. The lowest BCUT2D eigenvalue weighted by atomic mass is 10.2. The molecule has 0 bridgehead atoms. The van der Waals surface area contributed by atoms with Gasteiger partial charge in [0.2, 0.25) is 11.7 Å². The molecular weight excluding hydrogens is 394 g/mol. The summed E-state index contributed by atoms with van der Waals surface area (Å²) in [5.74, 6) is -1.99. The van der Waals surface area contributed by atoms with Crippen molar-refractivity contribution in [2.75, 3.05) is 5.32 Å². The topological polar surface area (TPSA) is 90.0 Å². The van der Waals surface area contributed by atoms with Crippen molar-refractivity contribution in [1.29, 1.82) is 0 Å². The number of hydrogen-bond donors (Lipinski definition) is 1. The van der Waals surface area contributed by atoms with Gasteiger partial charge in [-0.2, -0.15) is 4.98 Å². The minimum atomic E-state index is -0.913. The number of carbonyl (C=O) groups excluding carboxylic acids is 1. The Kier molecular flexibility index (Phi) is 5.17. The molecule has 0 aliphatic carbocycles. The summed E-state index contributed by atoms with van der Waals surface area (Å²) in [4.78, 5) is 29.2. The molecule has 9 heteroatoms. The first-order valence-electron chi connectivity index (χ1n) is 8.85. The van der Waals surface area contributed by atoms with Gasteiger partial charge in [0.1, 0.15) is 23.7 Å². The third-order valence-electron chi connectivity index (χ3n) is 4.23. The average molecular weight is 408 g/mol. The van der Waals surface area contributed by atoms with E-state index in [1.807, 2.05) is 18.2 Å². The van der Waals surface area contributed by atoms with E-state index in [9.17, 15) is 18.4 Å². The third kappa shape index (κ3) is 4.00. The molecular formula is C21H14F2N4O3. The van der Waals surface area contributed by atoms with Crippen LogP contribution in [0.2, 0.25) is 0 Å². The second kappa shape index (κ2) is 8.08. The lowest BCUT2D eigenvalue weighted by molar-refractivity contribution is -0.116. The number of anilines is 1.